The van der Waals surface area contributed by atoms with Crippen molar-refractivity contribution in [2.75, 3.05) is 19.7 Å². The topological polar surface area (TPSA) is 125 Å². The number of rotatable bonds is 7. The van der Waals surface area contributed by atoms with Gasteiger partial charge in [0, 0.05) is 19.5 Å². The number of amides is 3. The number of nitrogens with zero attached hydrogens (tertiary/aromatic N) is 2. The maximum atomic E-state index is 14.5. The van der Waals surface area contributed by atoms with Crippen molar-refractivity contribution in [2.24, 2.45) is 11.8 Å². The standard InChI is InChI=1S/C33H43N3O7/c1-4-6-18-35-19-12-8-11-15-25(38)34-21(3)28(22-13-9-7-10-14-22)42-32(41)26-24-16-17-33(43-24)27(26)30(39)36(23(5-2)20-37)29(33)31(35)40/h7-10,12-14,16-17,21,23-24,26-29,37H,4-6,11,15,18-20H2,1-3H3,(H,34,38)/b12-8-/t21-,23+,24+,26-,27-,28+,29+,33-/m1/s1. The van der Waals surface area contributed by atoms with Crippen LogP contribution >= 0.6 is 0 Å². The van der Waals surface area contributed by atoms with Gasteiger partial charge in [-0.15, -0.1) is 0 Å². The molecular weight excluding hydrogens is 550 g/mol. The molecule has 0 saturated carbocycles. The highest BCUT2D eigenvalue weighted by atomic mass is 16.6. The molecule has 232 valence electrons. The number of unbranched alkanes of at least 4 members (excludes halogenated alkanes) is 1. The Hall–Kier alpha value is -3.50. The van der Waals surface area contributed by atoms with Crippen LogP contribution in [0.5, 0.6) is 0 Å². The van der Waals surface area contributed by atoms with Crippen molar-refractivity contribution in [1.82, 2.24) is 15.1 Å². The lowest BCUT2D eigenvalue weighted by atomic mass is 9.74. The fourth-order valence-electron chi connectivity index (χ4n) is 7.02. The van der Waals surface area contributed by atoms with Crippen molar-refractivity contribution in [1.29, 1.82) is 0 Å². The van der Waals surface area contributed by atoms with Crippen LogP contribution in [0.3, 0.4) is 0 Å². The van der Waals surface area contributed by atoms with E-state index in [9.17, 15) is 24.3 Å². The van der Waals surface area contributed by atoms with E-state index < -0.39 is 59.6 Å². The molecule has 0 aliphatic carbocycles. The quantitative estimate of drug-likeness (QED) is 0.368. The minimum absolute atomic E-state index is 0.179. The third-order valence-electron chi connectivity index (χ3n) is 9.23. The largest absolute Gasteiger partial charge is 0.455 e. The molecule has 43 heavy (non-hydrogen) atoms. The van der Waals surface area contributed by atoms with Crippen molar-refractivity contribution in [3.05, 3.63) is 60.2 Å². The third-order valence-corrected chi connectivity index (χ3v) is 9.23. The second-order valence-corrected chi connectivity index (χ2v) is 12.0. The van der Waals surface area contributed by atoms with E-state index in [4.69, 9.17) is 9.47 Å². The maximum absolute atomic E-state index is 14.5. The lowest BCUT2D eigenvalue weighted by Gasteiger charge is -2.38. The van der Waals surface area contributed by atoms with Crippen molar-refractivity contribution >= 4 is 23.7 Å². The van der Waals surface area contributed by atoms with E-state index in [0.717, 1.165) is 12.8 Å². The number of carbonyl (C=O) groups is 4. The van der Waals surface area contributed by atoms with E-state index in [1.54, 1.807) is 24.0 Å². The highest BCUT2D eigenvalue weighted by Crippen LogP contribution is 2.56. The monoisotopic (exact) mass is 593 g/mol. The van der Waals surface area contributed by atoms with Gasteiger partial charge in [-0.05, 0) is 31.7 Å². The average Bonchev–Trinajstić information content (AvgIpc) is 3.65. The molecule has 10 nitrogen and oxygen atoms in total. The van der Waals surface area contributed by atoms with Gasteiger partial charge in [0.15, 0.2) is 0 Å². The smallest absolute Gasteiger partial charge is 0.313 e. The van der Waals surface area contributed by atoms with E-state index >= 15 is 0 Å². The number of nitrogens with one attached hydrogen (secondary N) is 1. The highest BCUT2D eigenvalue weighted by Gasteiger charge is 2.74. The molecule has 2 N–H and O–H groups in total. The number of aliphatic hydroxyl groups is 1. The minimum atomic E-state index is -1.35. The summed E-state index contributed by atoms with van der Waals surface area (Å²) in [5, 5.41) is 13.3. The summed E-state index contributed by atoms with van der Waals surface area (Å²) in [5.41, 5.74) is -0.642. The Balaban J connectivity index is 1.59. The number of hydrogen-bond acceptors (Lipinski definition) is 7. The number of cyclic esters (lactones) is 1. The van der Waals surface area contributed by atoms with Gasteiger partial charge in [-0.2, -0.15) is 0 Å². The average molecular weight is 594 g/mol. The Morgan fingerprint density at radius 1 is 1.09 bits per heavy atom. The number of esters is 1. The molecule has 1 aromatic rings. The molecule has 4 heterocycles. The van der Waals surface area contributed by atoms with Gasteiger partial charge in [0.1, 0.15) is 23.7 Å². The minimum Gasteiger partial charge on any atom is -0.455 e. The fraction of sp³-hybridized carbons (Fsp3) is 0.576. The number of fused-ring (bicyclic) bond motifs is 2. The van der Waals surface area contributed by atoms with Crippen molar-refractivity contribution in [2.45, 2.75) is 88.8 Å². The van der Waals surface area contributed by atoms with Crippen LogP contribution < -0.4 is 5.32 Å². The molecule has 1 aromatic carbocycles. The first-order valence-electron chi connectivity index (χ1n) is 15.6. The Bertz CT molecular complexity index is 1260. The normalized spacial score (nSPS) is 34.2. The predicted molar refractivity (Wildman–Crippen MR) is 158 cm³/mol. The van der Waals surface area contributed by atoms with Crippen molar-refractivity contribution < 1.29 is 33.8 Å². The van der Waals surface area contributed by atoms with E-state index in [1.165, 1.54) is 4.90 Å². The Morgan fingerprint density at radius 3 is 2.56 bits per heavy atom. The summed E-state index contributed by atoms with van der Waals surface area (Å²) in [7, 11) is 0. The summed E-state index contributed by atoms with van der Waals surface area (Å²) in [6, 6.07) is 7.00. The number of benzene rings is 1. The molecule has 1 spiro atoms. The van der Waals surface area contributed by atoms with Crippen molar-refractivity contribution in [3.8, 4) is 0 Å². The van der Waals surface area contributed by atoms with Crippen molar-refractivity contribution in [3.63, 3.8) is 0 Å². The zero-order valence-electron chi connectivity index (χ0n) is 25.2. The van der Waals surface area contributed by atoms with Gasteiger partial charge in [0.2, 0.25) is 17.7 Å². The third kappa shape index (κ3) is 5.62. The molecule has 4 aliphatic rings. The zero-order valence-corrected chi connectivity index (χ0v) is 25.2. The summed E-state index contributed by atoms with van der Waals surface area (Å²) < 4.78 is 12.6. The Kier molecular flexibility index (Phi) is 9.36. The molecule has 0 aromatic heterocycles. The van der Waals surface area contributed by atoms with E-state index in [1.807, 2.05) is 56.3 Å². The molecule has 5 rings (SSSR count). The first kappa shape index (κ1) is 30.9. The molecule has 2 saturated heterocycles. The molecule has 2 fully saturated rings. The highest BCUT2D eigenvalue weighted by molar-refractivity contribution is 5.99. The lowest BCUT2D eigenvalue weighted by Crippen LogP contribution is -2.58. The SMILES string of the molecule is CCCCN1C/C=C\CCC(=O)N[C@H](C)[C@@H](c2ccccc2)OC(=O)[C@@H]2[C@@H]3C=C[C@]4(O3)[C@H](C1=O)N([C@@H](CC)CO)C(=O)[C@@H]24. The Labute approximate surface area is 253 Å². The van der Waals surface area contributed by atoms with Gasteiger partial charge in [0.25, 0.3) is 0 Å². The van der Waals surface area contributed by atoms with Crippen LogP contribution in [-0.2, 0) is 28.7 Å². The van der Waals surface area contributed by atoms with Crippen LogP contribution in [0.2, 0.25) is 0 Å². The molecule has 5 bridgehead atoms. The second kappa shape index (κ2) is 13.0. The zero-order chi connectivity index (χ0) is 30.7. The lowest BCUT2D eigenvalue weighted by molar-refractivity contribution is -0.162. The number of carbonyl (C=O) groups excluding carboxylic acids is 4. The van der Waals surface area contributed by atoms with E-state index in [2.05, 4.69) is 5.32 Å². The van der Waals surface area contributed by atoms with E-state index in [-0.39, 0.29) is 24.8 Å². The van der Waals surface area contributed by atoms with Gasteiger partial charge >= 0.3 is 5.97 Å². The maximum Gasteiger partial charge on any atom is 0.313 e. The fourth-order valence-corrected chi connectivity index (χ4v) is 7.02. The number of likely N-dealkylation sites (tertiary alicyclic amines) is 1. The molecule has 0 unspecified atom stereocenters. The summed E-state index contributed by atoms with van der Waals surface area (Å²) in [5.74, 6) is -3.44. The van der Waals surface area contributed by atoms with Crippen LogP contribution in [0.1, 0.15) is 64.5 Å². The van der Waals surface area contributed by atoms with Gasteiger partial charge in [-0.25, -0.2) is 0 Å². The molecule has 0 radical (unpaired) electrons. The van der Waals surface area contributed by atoms with Crippen LogP contribution in [0.15, 0.2) is 54.6 Å². The second-order valence-electron chi connectivity index (χ2n) is 12.0. The molecule has 4 aliphatic heterocycles. The molecular formula is C33H43N3O7. The first-order chi connectivity index (χ1) is 20.8. The summed E-state index contributed by atoms with van der Waals surface area (Å²) in [6.07, 6.45) is 8.54. The van der Waals surface area contributed by atoms with E-state index in [0.29, 0.717) is 31.5 Å². The number of hydrogen-bond donors (Lipinski definition) is 2. The number of aliphatic hydroxyl groups excluding tert-OH is 1. The summed E-state index contributed by atoms with van der Waals surface area (Å²) in [6.45, 7) is 6.16. The number of ether oxygens (including phenoxy) is 2. The number of allylic oxidation sites excluding steroid dienone is 1. The van der Waals surface area contributed by atoms with Gasteiger partial charge in [-0.3, -0.25) is 19.2 Å². The van der Waals surface area contributed by atoms with Crippen LogP contribution in [0, 0.1) is 11.8 Å². The van der Waals surface area contributed by atoms with Crippen LogP contribution in [0.4, 0.5) is 0 Å². The molecule has 10 heteroatoms. The van der Waals surface area contributed by atoms with Gasteiger partial charge in [-0.1, -0.05) is 74.9 Å². The Morgan fingerprint density at radius 2 is 1.86 bits per heavy atom. The molecule has 3 amide bonds. The van der Waals surface area contributed by atoms with Gasteiger partial charge in [0.05, 0.1) is 30.7 Å². The predicted octanol–water partition coefficient (Wildman–Crippen LogP) is 2.68. The van der Waals surface area contributed by atoms with Gasteiger partial charge < -0.3 is 29.7 Å². The molecule has 8 atom stereocenters. The van der Waals surface area contributed by atoms with Crippen LogP contribution in [-0.4, -0.2) is 88.1 Å². The first-order valence-corrected chi connectivity index (χ1v) is 15.6. The summed E-state index contributed by atoms with van der Waals surface area (Å²) in [4.78, 5) is 58.9. The summed E-state index contributed by atoms with van der Waals surface area (Å²) >= 11 is 0. The van der Waals surface area contributed by atoms with Crippen LogP contribution in [0.25, 0.3) is 0 Å².